The molecule has 5 heteroatoms. The van der Waals surface area contributed by atoms with Gasteiger partial charge < -0.3 is 10.5 Å². The van der Waals surface area contributed by atoms with Crippen LogP contribution in [0.5, 0.6) is 0 Å². The van der Waals surface area contributed by atoms with E-state index in [4.69, 9.17) is 10.5 Å². The fourth-order valence-electron chi connectivity index (χ4n) is 2.12. The Morgan fingerprint density at radius 3 is 2.72 bits per heavy atom. The van der Waals surface area contributed by atoms with Crippen LogP contribution in [-0.2, 0) is 4.74 Å². The van der Waals surface area contributed by atoms with Gasteiger partial charge in [-0.25, -0.2) is 9.18 Å². The van der Waals surface area contributed by atoms with Crippen LogP contribution in [0, 0.1) is 5.82 Å². The van der Waals surface area contributed by atoms with Crippen LogP contribution in [0.3, 0.4) is 0 Å². The van der Waals surface area contributed by atoms with E-state index >= 15 is 0 Å². The molecule has 2 atom stereocenters. The van der Waals surface area contributed by atoms with Crippen LogP contribution < -0.4 is 11.1 Å². The fraction of sp³-hybridized carbons (Fsp3) is 0.462. The van der Waals surface area contributed by atoms with E-state index in [1.165, 1.54) is 24.3 Å². The third kappa shape index (κ3) is 3.70. The number of rotatable bonds is 2. The van der Waals surface area contributed by atoms with E-state index in [1.54, 1.807) is 0 Å². The Balaban J connectivity index is 1.83. The van der Waals surface area contributed by atoms with Gasteiger partial charge in [-0.05, 0) is 49.9 Å². The van der Waals surface area contributed by atoms with Gasteiger partial charge >= 0.3 is 6.09 Å². The Kier molecular flexibility index (Phi) is 4.15. The van der Waals surface area contributed by atoms with Crippen molar-refractivity contribution in [1.82, 2.24) is 0 Å². The lowest BCUT2D eigenvalue weighted by Crippen LogP contribution is -2.34. The summed E-state index contributed by atoms with van der Waals surface area (Å²) in [5.74, 6) is -0.341. The largest absolute Gasteiger partial charge is 0.446 e. The molecule has 1 saturated carbocycles. The number of carbonyl (C=O) groups excluding carboxylic acids is 1. The lowest BCUT2D eigenvalue weighted by molar-refractivity contribution is 0.0811. The van der Waals surface area contributed by atoms with Crippen LogP contribution in [0.1, 0.15) is 25.7 Å². The van der Waals surface area contributed by atoms with Gasteiger partial charge in [0.2, 0.25) is 0 Å². The van der Waals surface area contributed by atoms with Crippen molar-refractivity contribution in [3.05, 3.63) is 30.1 Å². The van der Waals surface area contributed by atoms with E-state index in [-0.39, 0.29) is 18.0 Å². The van der Waals surface area contributed by atoms with Crippen molar-refractivity contribution in [2.45, 2.75) is 37.8 Å². The van der Waals surface area contributed by atoms with Gasteiger partial charge in [0.15, 0.2) is 0 Å². The molecule has 1 aliphatic rings. The Labute approximate surface area is 105 Å². The van der Waals surface area contributed by atoms with E-state index in [0.717, 1.165) is 19.3 Å². The third-order valence-electron chi connectivity index (χ3n) is 3.03. The molecule has 0 heterocycles. The van der Waals surface area contributed by atoms with E-state index < -0.39 is 6.09 Å². The standard InChI is InChI=1S/C13H17FN2O2/c14-9-4-6-11(7-5-9)16-13(17)18-12-3-1-2-10(15)8-12/h4-7,10,12H,1-3,8,15H2,(H,16,17). The molecule has 98 valence electrons. The molecule has 2 rings (SSSR count). The molecular weight excluding hydrogens is 235 g/mol. The molecule has 0 radical (unpaired) electrons. The van der Waals surface area contributed by atoms with Gasteiger partial charge in [-0.1, -0.05) is 0 Å². The average Bonchev–Trinajstić information content (AvgIpc) is 2.32. The average molecular weight is 252 g/mol. The van der Waals surface area contributed by atoms with Crippen LogP contribution >= 0.6 is 0 Å². The molecular formula is C13H17FN2O2. The quantitative estimate of drug-likeness (QED) is 0.850. The number of hydrogen-bond acceptors (Lipinski definition) is 3. The molecule has 2 unspecified atom stereocenters. The Bertz CT molecular complexity index is 408. The minimum absolute atomic E-state index is 0.113. The minimum atomic E-state index is -0.513. The maximum Gasteiger partial charge on any atom is 0.411 e. The first-order valence-electron chi connectivity index (χ1n) is 6.12. The normalized spacial score (nSPS) is 23.4. The Morgan fingerprint density at radius 2 is 2.06 bits per heavy atom. The second-order valence-corrected chi connectivity index (χ2v) is 4.59. The van der Waals surface area contributed by atoms with Gasteiger partial charge in [0.1, 0.15) is 11.9 Å². The molecule has 1 amide bonds. The Morgan fingerprint density at radius 1 is 1.33 bits per heavy atom. The maximum absolute atomic E-state index is 12.7. The summed E-state index contributed by atoms with van der Waals surface area (Å²) in [5.41, 5.74) is 6.33. The maximum atomic E-state index is 12.7. The van der Waals surface area contributed by atoms with E-state index in [0.29, 0.717) is 12.1 Å². The molecule has 1 fully saturated rings. The van der Waals surface area contributed by atoms with Crippen LogP contribution in [0.4, 0.5) is 14.9 Å². The smallest absolute Gasteiger partial charge is 0.411 e. The molecule has 3 N–H and O–H groups in total. The summed E-state index contributed by atoms with van der Waals surface area (Å²) >= 11 is 0. The van der Waals surface area contributed by atoms with Crippen LogP contribution in [0.25, 0.3) is 0 Å². The molecule has 0 bridgehead atoms. The van der Waals surface area contributed by atoms with Crippen molar-refractivity contribution in [2.24, 2.45) is 5.73 Å². The van der Waals surface area contributed by atoms with E-state index in [9.17, 15) is 9.18 Å². The number of nitrogens with one attached hydrogen (secondary N) is 1. The first-order chi connectivity index (χ1) is 8.63. The minimum Gasteiger partial charge on any atom is -0.446 e. The van der Waals surface area contributed by atoms with Gasteiger partial charge in [0, 0.05) is 11.7 Å². The highest BCUT2D eigenvalue weighted by Gasteiger charge is 2.22. The van der Waals surface area contributed by atoms with Gasteiger partial charge in [-0.2, -0.15) is 0 Å². The summed E-state index contributed by atoms with van der Waals surface area (Å²) < 4.78 is 18.0. The van der Waals surface area contributed by atoms with Crippen LogP contribution in [-0.4, -0.2) is 18.2 Å². The molecule has 18 heavy (non-hydrogen) atoms. The summed E-state index contributed by atoms with van der Waals surface area (Å²) in [6.45, 7) is 0. The highest BCUT2D eigenvalue weighted by molar-refractivity contribution is 5.84. The molecule has 0 spiro atoms. The SMILES string of the molecule is NC1CCCC(OC(=O)Nc2ccc(F)cc2)C1. The van der Waals surface area contributed by atoms with Crippen molar-refractivity contribution in [1.29, 1.82) is 0 Å². The summed E-state index contributed by atoms with van der Waals surface area (Å²) in [4.78, 5) is 11.6. The van der Waals surface area contributed by atoms with Gasteiger partial charge in [-0.3, -0.25) is 5.32 Å². The van der Waals surface area contributed by atoms with Gasteiger partial charge in [0.05, 0.1) is 0 Å². The fourth-order valence-corrected chi connectivity index (χ4v) is 2.12. The zero-order valence-corrected chi connectivity index (χ0v) is 10.1. The Hall–Kier alpha value is -1.62. The number of anilines is 1. The molecule has 0 aromatic heterocycles. The third-order valence-corrected chi connectivity index (χ3v) is 3.03. The summed E-state index contributed by atoms with van der Waals surface area (Å²) in [6, 6.07) is 5.66. The highest BCUT2D eigenvalue weighted by Crippen LogP contribution is 2.20. The van der Waals surface area contributed by atoms with Crippen molar-refractivity contribution in [3.63, 3.8) is 0 Å². The zero-order valence-electron chi connectivity index (χ0n) is 10.1. The summed E-state index contributed by atoms with van der Waals surface area (Å²) in [5, 5.41) is 2.56. The molecule has 0 saturated heterocycles. The predicted octanol–water partition coefficient (Wildman–Crippen LogP) is 2.64. The van der Waals surface area contributed by atoms with E-state index in [2.05, 4.69) is 5.32 Å². The molecule has 1 aromatic rings. The number of hydrogen-bond donors (Lipinski definition) is 2. The zero-order chi connectivity index (χ0) is 13.0. The molecule has 1 aromatic carbocycles. The molecule has 4 nitrogen and oxygen atoms in total. The lowest BCUT2D eigenvalue weighted by atomic mass is 9.94. The lowest BCUT2D eigenvalue weighted by Gasteiger charge is -2.26. The van der Waals surface area contributed by atoms with Gasteiger partial charge in [-0.15, -0.1) is 0 Å². The second-order valence-electron chi connectivity index (χ2n) is 4.59. The van der Waals surface area contributed by atoms with Crippen molar-refractivity contribution < 1.29 is 13.9 Å². The molecule has 0 aliphatic heterocycles. The molecule has 1 aliphatic carbocycles. The van der Waals surface area contributed by atoms with E-state index in [1.807, 2.05) is 0 Å². The van der Waals surface area contributed by atoms with Crippen molar-refractivity contribution in [3.8, 4) is 0 Å². The van der Waals surface area contributed by atoms with Crippen molar-refractivity contribution in [2.75, 3.05) is 5.32 Å². The number of halogens is 1. The van der Waals surface area contributed by atoms with Crippen LogP contribution in [0.15, 0.2) is 24.3 Å². The van der Waals surface area contributed by atoms with Gasteiger partial charge in [0.25, 0.3) is 0 Å². The number of nitrogens with two attached hydrogens (primary N) is 1. The summed E-state index contributed by atoms with van der Waals surface area (Å²) in [7, 11) is 0. The second kappa shape index (κ2) is 5.82. The first kappa shape index (κ1) is 12.8. The monoisotopic (exact) mass is 252 g/mol. The topological polar surface area (TPSA) is 64.3 Å². The number of ether oxygens (including phenoxy) is 1. The summed E-state index contributed by atoms with van der Waals surface area (Å²) in [6.07, 6.45) is 2.89. The number of amides is 1. The highest BCUT2D eigenvalue weighted by atomic mass is 19.1. The number of carbonyl (C=O) groups is 1. The first-order valence-corrected chi connectivity index (χ1v) is 6.12. The van der Waals surface area contributed by atoms with Crippen molar-refractivity contribution >= 4 is 11.8 Å². The van der Waals surface area contributed by atoms with Crippen LogP contribution in [0.2, 0.25) is 0 Å². The predicted molar refractivity (Wildman–Crippen MR) is 66.7 cm³/mol. The number of benzene rings is 1.